The lowest BCUT2D eigenvalue weighted by atomic mass is 9.97. The summed E-state index contributed by atoms with van der Waals surface area (Å²) in [6.07, 6.45) is 0.366. The lowest BCUT2D eigenvalue weighted by Crippen LogP contribution is -2.47. The number of ketones is 1. The van der Waals surface area contributed by atoms with Crippen LogP contribution in [0.1, 0.15) is 56.8 Å². The highest BCUT2D eigenvalue weighted by atomic mass is 16.5. The van der Waals surface area contributed by atoms with Gasteiger partial charge in [-0.25, -0.2) is 9.78 Å². The maximum Gasteiger partial charge on any atom is 0.445 e. The molecule has 2 amide bonds. The minimum Gasteiger partial charge on any atom is -0.444 e. The Morgan fingerprint density at radius 3 is 2.28 bits per heavy atom. The first kappa shape index (κ1) is 30.8. The molecule has 2 heterocycles. The third kappa shape index (κ3) is 7.79. The lowest BCUT2D eigenvalue weighted by molar-refractivity contribution is -0.459. The van der Waals surface area contributed by atoms with Crippen molar-refractivity contribution >= 4 is 23.5 Å². The van der Waals surface area contributed by atoms with Gasteiger partial charge in [0.25, 0.3) is 17.2 Å². The Morgan fingerprint density at radius 2 is 1.67 bits per heavy atom. The molecular weight excluding hydrogens is 552 g/mol. The molecule has 0 saturated heterocycles. The second kappa shape index (κ2) is 13.2. The van der Waals surface area contributed by atoms with Gasteiger partial charge in [-0.3, -0.25) is 24.3 Å². The van der Waals surface area contributed by atoms with Crippen molar-refractivity contribution in [2.45, 2.75) is 59.2 Å². The molecule has 2 aromatic heterocycles. The molecule has 2 aromatic carbocycles. The first-order chi connectivity index (χ1) is 20.4. The number of nitrogens with one attached hydrogen (secondary N) is 3. The fraction of sp³-hybridized carbons (Fsp3) is 0.323. The van der Waals surface area contributed by atoms with Crippen LogP contribution in [0, 0.1) is 5.92 Å². The van der Waals surface area contributed by atoms with Crippen LogP contribution >= 0.6 is 0 Å². The van der Waals surface area contributed by atoms with Crippen LogP contribution in [-0.4, -0.2) is 38.5 Å². The summed E-state index contributed by atoms with van der Waals surface area (Å²) >= 11 is 0. The number of aromatic nitrogens is 4. The fourth-order valence-electron chi connectivity index (χ4n) is 4.12. The van der Waals surface area contributed by atoms with E-state index in [0.29, 0.717) is 11.5 Å². The topological polar surface area (TPSA) is 160 Å². The Balaban J connectivity index is 1.56. The fourth-order valence-corrected chi connectivity index (χ4v) is 4.12. The average molecular weight is 588 g/mol. The first-order valence-electron chi connectivity index (χ1n) is 13.8. The van der Waals surface area contributed by atoms with Crippen molar-refractivity contribution in [1.29, 1.82) is 0 Å². The molecule has 4 rings (SSSR count). The molecule has 0 saturated carbocycles. The number of aromatic amines is 1. The summed E-state index contributed by atoms with van der Waals surface area (Å²) in [4.78, 5) is 57.0. The number of anilines is 1. The molecule has 0 radical (unpaired) electrons. The van der Waals surface area contributed by atoms with Crippen LogP contribution in [0.2, 0.25) is 0 Å². The second-order valence-corrected chi connectivity index (χ2v) is 11.3. The molecule has 0 aliphatic carbocycles. The van der Waals surface area contributed by atoms with Crippen LogP contribution in [0.15, 0.2) is 76.1 Å². The van der Waals surface area contributed by atoms with E-state index in [4.69, 9.17) is 9.15 Å². The van der Waals surface area contributed by atoms with E-state index in [1.54, 1.807) is 50.2 Å². The van der Waals surface area contributed by atoms with Crippen LogP contribution in [0.3, 0.4) is 0 Å². The Morgan fingerprint density at radius 1 is 1.02 bits per heavy atom. The molecule has 1 unspecified atom stereocenters. The summed E-state index contributed by atoms with van der Waals surface area (Å²) in [5.74, 6) is -0.961. The molecule has 224 valence electrons. The quantitative estimate of drug-likeness (QED) is 0.265. The van der Waals surface area contributed by atoms with E-state index in [-0.39, 0.29) is 29.9 Å². The van der Waals surface area contributed by atoms with Crippen LogP contribution in [0.25, 0.3) is 11.4 Å². The molecule has 12 heteroatoms. The van der Waals surface area contributed by atoms with Gasteiger partial charge in [0.05, 0.1) is 6.20 Å². The number of Topliss-reactive ketones (excluding diaryl/α,β-unsaturated/α-hetero) is 1. The number of amides is 2. The van der Waals surface area contributed by atoms with Gasteiger partial charge in [-0.15, -0.1) is 0 Å². The molecule has 0 fully saturated rings. The summed E-state index contributed by atoms with van der Waals surface area (Å²) in [6, 6.07) is 16.9. The normalized spacial score (nSPS) is 12.0. The number of ether oxygens (including phenoxy) is 1. The molecule has 3 N–H and O–H groups in total. The van der Waals surface area contributed by atoms with Gasteiger partial charge in [-0.05, 0) is 11.5 Å². The number of H-pyrrole nitrogens is 1. The number of hydrogen-bond donors (Lipinski definition) is 2. The molecule has 0 spiro atoms. The van der Waals surface area contributed by atoms with E-state index in [0.717, 1.165) is 10.1 Å². The Hall–Kier alpha value is -5.13. The minimum atomic E-state index is -0.970. The van der Waals surface area contributed by atoms with Gasteiger partial charge in [0.15, 0.2) is 0 Å². The summed E-state index contributed by atoms with van der Waals surface area (Å²) < 4.78 is 12.0. The smallest absolute Gasteiger partial charge is 0.444 e. The van der Waals surface area contributed by atoms with Crippen molar-refractivity contribution in [2.75, 3.05) is 5.32 Å². The highest BCUT2D eigenvalue weighted by molar-refractivity contribution is 5.97. The highest BCUT2D eigenvalue weighted by Crippen LogP contribution is 2.20. The number of benzene rings is 2. The van der Waals surface area contributed by atoms with E-state index in [1.807, 2.05) is 45.0 Å². The predicted molar refractivity (Wildman–Crippen MR) is 157 cm³/mol. The van der Waals surface area contributed by atoms with E-state index < -0.39 is 41.3 Å². The molecule has 4 aromatic rings. The van der Waals surface area contributed by atoms with Crippen molar-refractivity contribution in [3.05, 3.63) is 94.6 Å². The van der Waals surface area contributed by atoms with Crippen molar-refractivity contribution in [3.8, 4) is 11.4 Å². The zero-order chi connectivity index (χ0) is 31.1. The van der Waals surface area contributed by atoms with Crippen molar-refractivity contribution in [3.63, 3.8) is 0 Å². The van der Waals surface area contributed by atoms with Gasteiger partial charge in [0.2, 0.25) is 5.91 Å². The second-order valence-electron chi connectivity index (χ2n) is 11.3. The van der Waals surface area contributed by atoms with Gasteiger partial charge in [0, 0.05) is 16.1 Å². The van der Waals surface area contributed by atoms with Crippen molar-refractivity contribution in [1.82, 2.24) is 20.0 Å². The first-order valence-corrected chi connectivity index (χ1v) is 13.8. The van der Waals surface area contributed by atoms with Gasteiger partial charge in [-0.2, -0.15) is 0 Å². The molecular formula is C31H35N6O6+. The zero-order valence-corrected chi connectivity index (χ0v) is 24.7. The van der Waals surface area contributed by atoms with E-state index in [1.165, 1.54) is 6.20 Å². The SMILES string of the molecule is CC(C)C(NC(=O)Cn1c(-c2ccccc2)ncc(NC(=O)OCc2ccccc2)c1=O)C(=O)c1[nH+]nc(C(C)(C)C)o1. The van der Waals surface area contributed by atoms with Crippen LogP contribution in [-0.2, 0) is 28.1 Å². The van der Waals surface area contributed by atoms with Gasteiger partial charge >= 0.3 is 12.0 Å². The molecule has 43 heavy (non-hydrogen) atoms. The van der Waals surface area contributed by atoms with Gasteiger partial charge < -0.3 is 14.5 Å². The van der Waals surface area contributed by atoms with Crippen molar-refractivity contribution in [2.24, 2.45) is 5.92 Å². The molecule has 12 nitrogen and oxygen atoms in total. The monoisotopic (exact) mass is 587 g/mol. The zero-order valence-electron chi connectivity index (χ0n) is 24.7. The number of hydrogen-bond acceptors (Lipinski definition) is 8. The maximum atomic E-state index is 13.6. The predicted octanol–water partition coefficient (Wildman–Crippen LogP) is 3.78. The lowest BCUT2D eigenvalue weighted by Gasteiger charge is -2.20. The summed E-state index contributed by atoms with van der Waals surface area (Å²) in [6.45, 7) is 8.76. The minimum absolute atomic E-state index is 0.00325. The van der Waals surface area contributed by atoms with Crippen LogP contribution < -0.4 is 21.3 Å². The summed E-state index contributed by atoms with van der Waals surface area (Å²) in [5, 5.41) is 11.9. The summed E-state index contributed by atoms with van der Waals surface area (Å²) in [5.41, 5.74) is 0.0734. The third-order valence-corrected chi connectivity index (χ3v) is 6.42. The van der Waals surface area contributed by atoms with Gasteiger partial charge in [0.1, 0.15) is 30.7 Å². The number of carbonyl (C=O) groups excluding carboxylic acids is 3. The van der Waals surface area contributed by atoms with E-state index in [9.17, 15) is 19.2 Å². The van der Waals surface area contributed by atoms with Gasteiger partial charge in [-0.1, -0.05) is 100 Å². The number of nitrogens with zero attached hydrogens (tertiary/aromatic N) is 3. The standard InChI is InChI=1S/C31H34N6O6/c1-19(2)24(25(39)27-35-36-29(43-27)31(3,4)5)34-23(38)17-37-26(21-14-10-7-11-15-21)32-16-22(28(37)40)33-30(41)42-18-20-12-8-6-9-13-20/h6-16,19,24H,17-18H2,1-5H3,(H,33,41)(H,34,38)/p+1. The molecule has 0 aliphatic rings. The summed E-state index contributed by atoms with van der Waals surface area (Å²) in [7, 11) is 0. The van der Waals surface area contributed by atoms with Crippen LogP contribution in [0.5, 0.6) is 0 Å². The van der Waals surface area contributed by atoms with Crippen LogP contribution in [0.4, 0.5) is 10.5 Å². The molecule has 0 bridgehead atoms. The molecule has 1 atom stereocenters. The highest BCUT2D eigenvalue weighted by Gasteiger charge is 2.36. The average Bonchev–Trinajstić information content (AvgIpc) is 3.49. The maximum absolute atomic E-state index is 13.6. The Labute approximate surface area is 248 Å². The Kier molecular flexibility index (Phi) is 9.49. The number of rotatable bonds is 10. The molecule has 0 aliphatic heterocycles. The van der Waals surface area contributed by atoms with E-state index in [2.05, 4.69) is 25.8 Å². The van der Waals surface area contributed by atoms with E-state index >= 15 is 0 Å². The largest absolute Gasteiger partial charge is 0.445 e. The Bertz CT molecular complexity index is 1640. The number of carbonyl (C=O) groups is 3. The third-order valence-electron chi connectivity index (χ3n) is 6.42. The van der Waals surface area contributed by atoms with Crippen molar-refractivity contribution < 1.29 is 28.6 Å².